The number of hydrogen-bond donors (Lipinski definition) is 1. The van der Waals surface area contributed by atoms with E-state index >= 15 is 0 Å². The van der Waals surface area contributed by atoms with Gasteiger partial charge in [0.1, 0.15) is 18.2 Å². The highest BCUT2D eigenvalue weighted by Gasteiger charge is 2.12. The minimum atomic E-state index is -0.194. The zero-order valence-corrected chi connectivity index (χ0v) is 17.9. The number of hydrogen-bond acceptors (Lipinski definition) is 4. The molecule has 0 bridgehead atoms. The molecule has 0 saturated carbocycles. The van der Waals surface area contributed by atoms with E-state index in [1.54, 1.807) is 12.1 Å². The van der Waals surface area contributed by atoms with Gasteiger partial charge >= 0.3 is 0 Å². The molecular weight excluding hydrogens is 390 g/mol. The number of rotatable bonds is 9. The summed E-state index contributed by atoms with van der Waals surface area (Å²) in [5.74, 6) is 2.05. The lowest BCUT2D eigenvalue weighted by molar-refractivity contribution is 0.0925. The first-order chi connectivity index (χ1) is 15.1. The first kappa shape index (κ1) is 20.7. The van der Waals surface area contributed by atoms with Gasteiger partial charge in [-0.05, 0) is 56.2 Å². The van der Waals surface area contributed by atoms with Crippen LogP contribution in [0.15, 0.2) is 65.3 Å². The molecule has 0 radical (unpaired) electrons. The fourth-order valence-corrected chi connectivity index (χ4v) is 3.72. The quantitative estimate of drug-likeness (QED) is 0.401. The van der Waals surface area contributed by atoms with Crippen molar-refractivity contribution in [3.63, 3.8) is 0 Å². The van der Waals surface area contributed by atoms with Gasteiger partial charge in [0.05, 0.1) is 23.8 Å². The van der Waals surface area contributed by atoms with Crippen molar-refractivity contribution < 1.29 is 13.9 Å². The zero-order chi connectivity index (χ0) is 21.6. The Morgan fingerprint density at radius 1 is 1.13 bits per heavy atom. The number of carbonyl (C=O) groups is 1. The van der Waals surface area contributed by atoms with E-state index in [0.29, 0.717) is 25.5 Å². The Morgan fingerprint density at radius 3 is 2.81 bits per heavy atom. The molecule has 2 aromatic heterocycles. The van der Waals surface area contributed by atoms with Crippen LogP contribution in [0.5, 0.6) is 5.75 Å². The van der Waals surface area contributed by atoms with Gasteiger partial charge in [-0.15, -0.1) is 0 Å². The van der Waals surface area contributed by atoms with Crippen LogP contribution < -0.4 is 10.1 Å². The van der Waals surface area contributed by atoms with Crippen molar-refractivity contribution in [3.05, 3.63) is 83.6 Å². The van der Waals surface area contributed by atoms with Crippen LogP contribution in [0, 0.1) is 13.8 Å². The van der Waals surface area contributed by atoms with E-state index in [2.05, 4.69) is 41.9 Å². The number of aryl methyl sites for hydroxylation is 3. The Hall–Kier alpha value is -3.54. The molecule has 0 fully saturated rings. The summed E-state index contributed by atoms with van der Waals surface area (Å²) < 4.78 is 13.4. The smallest absolute Gasteiger partial charge is 0.286 e. The number of para-hydroxylation sites is 2. The van der Waals surface area contributed by atoms with Crippen LogP contribution in [0.4, 0.5) is 0 Å². The monoisotopic (exact) mass is 417 g/mol. The lowest BCUT2D eigenvalue weighted by Gasteiger charge is -2.13. The second-order valence-electron chi connectivity index (χ2n) is 7.62. The van der Waals surface area contributed by atoms with Crippen molar-refractivity contribution in [1.82, 2.24) is 14.9 Å². The van der Waals surface area contributed by atoms with Gasteiger partial charge in [-0.1, -0.05) is 29.8 Å². The molecule has 160 valence electrons. The molecule has 4 aromatic rings. The number of nitrogens with zero attached hydrogens (tertiary/aromatic N) is 2. The molecule has 0 aliphatic rings. The average Bonchev–Trinajstić information content (AvgIpc) is 3.41. The van der Waals surface area contributed by atoms with Crippen molar-refractivity contribution >= 4 is 16.9 Å². The second kappa shape index (κ2) is 9.51. The number of furan rings is 1. The molecule has 2 aromatic carbocycles. The lowest BCUT2D eigenvalue weighted by Crippen LogP contribution is -2.24. The number of nitrogens with one attached hydrogen (secondary N) is 1. The maximum Gasteiger partial charge on any atom is 0.286 e. The first-order valence-electron chi connectivity index (χ1n) is 10.6. The van der Waals surface area contributed by atoms with Gasteiger partial charge < -0.3 is 19.0 Å². The lowest BCUT2D eigenvalue weighted by atomic mass is 10.1. The number of amides is 1. The van der Waals surface area contributed by atoms with Gasteiger partial charge in [-0.2, -0.15) is 0 Å². The molecule has 0 aliphatic heterocycles. The van der Waals surface area contributed by atoms with Gasteiger partial charge in [0.25, 0.3) is 5.91 Å². The van der Waals surface area contributed by atoms with Crippen molar-refractivity contribution in [2.75, 3.05) is 13.2 Å². The predicted molar refractivity (Wildman–Crippen MR) is 121 cm³/mol. The van der Waals surface area contributed by atoms with Gasteiger partial charge in [0, 0.05) is 13.0 Å². The molecule has 0 aliphatic carbocycles. The summed E-state index contributed by atoms with van der Waals surface area (Å²) in [5.41, 5.74) is 4.44. The summed E-state index contributed by atoms with van der Waals surface area (Å²) in [6.45, 7) is 5.98. The molecular formula is C25H27N3O3. The van der Waals surface area contributed by atoms with Gasteiger partial charge in [-0.3, -0.25) is 4.79 Å². The van der Waals surface area contributed by atoms with Gasteiger partial charge in [-0.25, -0.2) is 4.98 Å². The van der Waals surface area contributed by atoms with E-state index < -0.39 is 0 Å². The average molecular weight is 418 g/mol. The minimum Gasteiger partial charge on any atom is -0.491 e. The number of carbonyl (C=O) groups excluding carboxylic acids is 1. The van der Waals surface area contributed by atoms with Crippen molar-refractivity contribution in [2.45, 2.75) is 33.2 Å². The molecule has 2 heterocycles. The predicted octanol–water partition coefficient (Wildman–Crippen LogP) is 4.69. The van der Waals surface area contributed by atoms with E-state index in [9.17, 15) is 4.79 Å². The fourth-order valence-electron chi connectivity index (χ4n) is 3.72. The number of benzene rings is 2. The summed E-state index contributed by atoms with van der Waals surface area (Å²) >= 11 is 0. The summed E-state index contributed by atoms with van der Waals surface area (Å²) in [5, 5.41) is 2.89. The van der Waals surface area contributed by atoms with E-state index in [0.717, 1.165) is 41.0 Å². The highest BCUT2D eigenvalue weighted by atomic mass is 16.5. The topological polar surface area (TPSA) is 69.3 Å². The largest absolute Gasteiger partial charge is 0.491 e. The number of aromatic nitrogens is 2. The van der Waals surface area contributed by atoms with E-state index in [1.165, 1.54) is 11.8 Å². The van der Waals surface area contributed by atoms with Crippen LogP contribution in [0.25, 0.3) is 11.0 Å². The van der Waals surface area contributed by atoms with Gasteiger partial charge in [0.2, 0.25) is 0 Å². The summed E-state index contributed by atoms with van der Waals surface area (Å²) in [4.78, 5) is 16.8. The van der Waals surface area contributed by atoms with Gasteiger partial charge in [0.15, 0.2) is 5.76 Å². The molecule has 1 N–H and O–H groups in total. The Bertz CT molecular complexity index is 1160. The molecule has 0 unspecified atom stereocenters. The Kier molecular flexibility index (Phi) is 6.36. The standard InChI is InChI=1S/C25H27N3O3/c1-18-11-12-22(19(2)17-18)31-16-14-28-21-8-4-3-7-20(21)27-24(28)10-5-13-26-25(29)23-9-6-15-30-23/h3-4,6-9,11-12,15,17H,5,10,13-14,16H2,1-2H3,(H,26,29). The highest BCUT2D eigenvalue weighted by molar-refractivity contribution is 5.91. The van der Waals surface area contributed by atoms with Crippen LogP contribution in [0.1, 0.15) is 33.9 Å². The van der Waals surface area contributed by atoms with Crippen LogP contribution in [-0.2, 0) is 13.0 Å². The molecule has 0 spiro atoms. The third-order valence-corrected chi connectivity index (χ3v) is 5.24. The minimum absolute atomic E-state index is 0.194. The number of imidazole rings is 1. The van der Waals surface area contributed by atoms with Crippen LogP contribution in [0.2, 0.25) is 0 Å². The third kappa shape index (κ3) is 4.97. The van der Waals surface area contributed by atoms with E-state index in [-0.39, 0.29) is 5.91 Å². The normalized spacial score (nSPS) is 11.0. The van der Waals surface area contributed by atoms with Crippen LogP contribution >= 0.6 is 0 Å². The SMILES string of the molecule is Cc1ccc(OCCn2c(CCCNC(=O)c3ccco3)nc3ccccc32)c(C)c1. The van der Waals surface area contributed by atoms with E-state index in [4.69, 9.17) is 14.1 Å². The Balaban J connectivity index is 1.39. The molecule has 31 heavy (non-hydrogen) atoms. The Labute approximate surface area is 181 Å². The number of ether oxygens (including phenoxy) is 1. The first-order valence-corrected chi connectivity index (χ1v) is 10.6. The van der Waals surface area contributed by atoms with Crippen molar-refractivity contribution in [2.24, 2.45) is 0 Å². The fraction of sp³-hybridized carbons (Fsp3) is 0.280. The van der Waals surface area contributed by atoms with E-state index in [1.807, 2.05) is 24.3 Å². The molecule has 0 atom stereocenters. The highest BCUT2D eigenvalue weighted by Crippen LogP contribution is 2.20. The maximum atomic E-state index is 12.0. The Morgan fingerprint density at radius 2 is 2.00 bits per heavy atom. The third-order valence-electron chi connectivity index (χ3n) is 5.24. The molecule has 0 saturated heterocycles. The molecule has 6 heteroatoms. The molecule has 4 rings (SSSR count). The summed E-state index contributed by atoms with van der Waals surface area (Å²) in [6.07, 6.45) is 3.04. The van der Waals surface area contributed by atoms with Crippen molar-refractivity contribution in [3.8, 4) is 5.75 Å². The summed E-state index contributed by atoms with van der Waals surface area (Å²) in [6, 6.07) is 17.7. The van der Waals surface area contributed by atoms with Crippen LogP contribution in [-0.4, -0.2) is 28.6 Å². The summed E-state index contributed by atoms with van der Waals surface area (Å²) in [7, 11) is 0. The zero-order valence-electron chi connectivity index (χ0n) is 17.9. The second-order valence-corrected chi connectivity index (χ2v) is 7.62. The molecule has 1 amide bonds. The van der Waals surface area contributed by atoms with Crippen LogP contribution in [0.3, 0.4) is 0 Å². The molecule has 6 nitrogen and oxygen atoms in total. The maximum absolute atomic E-state index is 12.0. The van der Waals surface area contributed by atoms with Crippen molar-refractivity contribution in [1.29, 1.82) is 0 Å². The number of fused-ring (bicyclic) bond motifs is 1.